The Bertz CT molecular complexity index is 423. The Labute approximate surface area is 105 Å². The maximum atomic E-state index is 10.5. The number of hydrogen-bond donors (Lipinski definition) is 1. The van der Waals surface area contributed by atoms with Crippen LogP contribution < -0.4 is 0 Å². The van der Waals surface area contributed by atoms with E-state index in [2.05, 4.69) is 39.9 Å². The molecule has 0 amide bonds. The Morgan fingerprint density at radius 2 is 1.65 bits per heavy atom. The molecule has 0 heterocycles. The van der Waals surface area contributed by atoms with E-state index < -0.39 is 13.8 Å². The van der Waals surface area contributed by atoms with Crippen LogP contribution in [0.4, 0.5) is 0 Å². The van der Waals surface area contributed by atoms with Crippen LogP contribution in [0, 0.1) is 11.3 Å². The average molecular weight is 247 g/mol. The van der Waals surface area contributed by atoms with E-state index in [-0.39, 0.29) is 5.04 Å². The number of aliphatic hydroxyl groups is 1. The molecule has 1 rings (SSSR count). The molecule has 1 aromatic rings. The van der Waals surface area contributed by atoms with Crippen LogP contribution in [-0.2, 0) is 0 Å². The third-order valence-corrected chi connectivity index (χ3v) is 9.54. The first kappa shape index (κ1) is 13.9. The van der Waals surface area contributed by atoms with E-state index in [1.165, 1.54) is 0 Å². The van der Waals surface area contributed by atoms with Gasteiger partial charge in [-0.3, -0.25) is 0 Å². The predicted molar refractivity (Wildman–Crippen MR) is 73.3 cm³/mol. The fraction of sp³-hybridized carbons (Fsp3) is 0.500. The van der Waals surface area contributed by atoms with Gasteiger partial charge in [0.05, 0.1) is 25.4 Å². The smallest absolute Gasteiger partial charge is 0.0991 e. The van der Waals surface area contributed by atoms with Crippen LogP contribution in [0.5, 0.6) is 0 Å². The highest BCUT2D eigenvalue weighted by atomic mass is 28.3. The molecule has 0 aliphatic rings. The van der Waals surface area contributed by atoms with E-state index in [9.17, 15) is 5.11 Å². The summed E-state index contributed by atoms with van der Waals surface area (Å²) in [5.74, 6) is 0. The van der Waals surface area contributed by atoms with Crippen molar-refractivity contribution in [2.24, 2.45) is 0 Å². The van der Waals surface area contributed by atoms with Crippen molar-refractivity contribution in [2.75, 3.05) is 0 Å². The second-order valence-electron chi connectivity index (χ2n) is 6.11. The second-order valence-corrected chi connectivity index (χ2v) is 11.6. The molecule has 0 radical (unpaired) electrons. The van der Waals surface area contributed by atoms with Gasteiger partial charge >= 0.3 is 0 Å². The number of benzene rings is 1. The van der Waals surface area contributed by atoms with Gasteiger partial charge in [-0.1, -0.05) is 46.0 Å². The molecule has 0 bridgehead atoms. The lowest BCUT2D eigenvalue weighted by Crippen LogP contribution is -2.44. The van der Waals surface area contributed by atoms with Crippen LogP contribution >= 0.6 is 0 Å². The highest BCUT2D eigenvalue weighted by molar-refractivity contribution is 6.81. The van der Waals surface area contributed by atoms with Crippen molar-refractivity contribution in [3.8, 4) is 6.07 Å². The van der Waals surface area contributed by atoms with E-state index in [0.717, 1.165) is 5.56 Å². The molecule has 0 saturated heterocycles. The lowest BCUT2D eigenvalue weighted by Gasteiger charge is -2.40. The summed E-state index contributed by atoms with van der Waals surface area (Å²) in [6, 6.07) is 9.36. The van der Waals surface area contributed by atoms with Gasteiger partial charge in [0.15, 0.2) is 0 Å². The highest BCUT2D eigenvalue weighted by Crippen LogP contribution is 2.43. The van der Waals surface area contributed by atoms with Crippen LogP contribution in [0.1, 0.15) is 37.6 Å². The molecule has 1 N–H and O–H groups in total. The van der Waals surface area contributed by atoms with E-state index in [0.29, 0.717) is 5.56 Å². The summed E-state index contributed by atoms with van der Waals surface area (Å²) in [5, 5.41) is 19.4. The van der Waals surface area contributed by atoms with Crippen LogP contribution in [0.2, 0.25) is 18.1 Å². The number of nitriles is 1. The minimum absolute atomic E-state index is 0.139. The van der Waals surface area contributed by atoms with Gasteiger partial charge in [-0.05, 0) is 22.7 Å². The van der Waals surface area contributed by atoms with Gasteiger partial charge in [-0.15, -0.1) is 0 Å². The Kier molecular flexibility index (Phi) is 3.80. The van der Waals surface area contributed by atoms with Crippen LogP contribution in [0.15, 0.2) is 24.3 Å². The van der Waals surface area contributed by atoms with E-state index in [1.807, 2.05) is 12.1 Å². The molecule has 0 aromatic heterocycles. The molecular weight excluding hydrogens is 226 g/mol. The zero-order valence-corrected chi connectivity index (χ0v) is 12.3. The van der Waals surface area contributed by atoms with Gasteiger partial charge < -0.3 is 5.11 Å². The third-order valence-electron chi connectivity index (χ3n) is 3.97. The Hall–Kier alpha value is -1.11. The van der Waals surface area contributed by atoms with Crippen molar-refractivity contribution >= 4 is 8.07 Å². The van der Waals surface area contributed by atoms with Crippen LogP contribution in [0.25, 0.3) is 0 Å². The molecule has 2 nitrogen and oxygen atoms in total. The molecule has 17 heavy (non-hydrogen) atoms. The normalized spacial score (nSPS) is 14.2. The van der Waals surface area contributed by atoms with Crippen molar-refractivity contribution in [3.63, 3.8) is 0 Å². The van der Waals surface area contributed by atoms with Crippen molar-refractivity contribution in [1.29, 1.82) is 5.26 Å². The minimum Gasteiger partial charge on any atom is -0.392 e. The van der Waals surface area contributed by atoms with Crippen molar-refractivity contribution < 1.29 is 5.11 Å². The molecule has 0 saturated carbocycles. The molecule has 0 aliphatic heterocycles. The predicted octanol–water partition coefficient (Wildman–Crippen LogP) is 3.64. The van der Waals surface area contributed by atoms with Crippen LogP contribution in [0.3, 0.4) is 0 Å². The van der Waals surface area contributed by atoms with Crippen molar-refractivity contribution in [3.05, 3.63) is 35.4 Å². The molecule has 1 unspecified atom stereocenters. The number of nitrogens with zero attached hydrogens (tertiary/aromatic N) is 1. The van der Waals surface area contributed by atoms with Gasteiger partial charge in [0.25, 0.3) is 0 Å². The van der Waals surface area contributed by atoms with E-state index >= 15 is 0 Å². The summed E-state index contributed by atoms with van der Waals surface area (Å²) in [5.41, 5.74) is 1.17. The van der Waals surface area contributed by atoms with Crippen molar-refractivity contribution in [2.45, 2.75) is 44.6 Å². The van der Waals surface area contributed by atoms with Crippen LogP contribution in [-0.4, -0.2) is 13.2 Å². The monoisotopic (exact) mass is 247 g/mol. The summed E-state index contributed by atoms with van der Waals surface area (Å²) in [6.45, 7) is 11.0. The van der Waals surface area contributed by atoms with E-state index in [4.69, 9.17) is 5.26 Å². The molecule has 1 aromatic carbocycles. The zero-order chi connectivity index (χ0) is 13.3. The van der Waals surface area contributed by atoms with Gasteiger partial charge in [0.1, 0.15) is 0 Å². The summed E-state index contributed by atoms with van der Waals surface area (Å²) < 4.78 is 0. The quantitative estimate of drug-likeness (QED) is 0.811. The lowest BCUT2D eigenvalue weighted by atomic mass is 10.1. The number of rotatable bonds is 2. The summed E-state index contributed by atoms with van der Waals surface area (Å²) in [7, 11) is -1.80. The van der Waals surface area contributed by atoms with E-state index in [1.54, 1.807) is 12.1 Å². The molecule has 92 valence electrons. The maximum absolute atomic E-state index is 10.5. The largest absolute Gasteiger partial charge is 0.392 e. The minimum atomic E-state index is -1.80. The van der Waals surface area contributed by atoms with Gasteiger partial charge in [0.2, 0.25) is 0 Å². The first-order chi connectivity index (χ1) is 7.70. The van der Waals surface area contributed by atoms with Crippen molar-refractivity contribution in [1.82, 2.24) is 0 Å². The third kappa shape index (κ3) is 2.77. The lowest BCUT2D eigenvalue weighted by molar-refractivity contribution is 0.243. The van der Waals surface area contributed by atoms with Gasteiger partial charge in [-0.2, -0.15) is 5.26 Å². The summed E-state index contributed by atoms with van der Waals surface area (Å²) >= 11 is 0. The first-order valence-corrected chi connectivity index (χ1v) is 8.96. The fourth-order valence-corrected chi connectivity index (χ4v) is 3.41. The molecular formula is C14H21NOSi. The summed E-state index contributed by atoms with van der Waals surface area (Å²) in [4.78, 5) is 0. The molecule has 0 spiro atoms. The topological polar surface area (TPSA) is 44.0 Å². The fourth-order valence-electron chi connectivity index (χ4n) is 1.57. The highest BCUT2D eigenvalue weighted by Gasteiger charge is 2.42. The average Bonchev–Trinajstić information content (AvgIpc) is 2.26. The standard InChI is InChI=1S/C14H21NOSi/c1-14(2,3)17(4,5)13(16)12-8-6-11(10-15)7-9-12/h6-9,13,16H,1-5H3. The number of hydrogen-bond acceptors (Lipinski definition) is 2. The molecule has 3 heteroatoms. The molecule has 0 fully saturated rings. The maximum Gasteiger partial charge on any atom is 0.0991 e. The van der Waals surface area contributed by atoms with Gasteiger partial charge in [0, 0.05) is 0 Å². The van der Waals surface area contributed by atoms with Gasteiger partial charge in [-0.25, -0.2) is 0 Å². The Morgan fingerprint density at radius 3 is 2.00 bits per heavy atom. The zero-order valence-electron chi connectivity index (χ0n) is 11.3. The SMILES string of the molecule is CC(C)(C)[Si](C)(C)C(O)c1ccc(C#N)cc1. The first-order valence-electron chi connectivity index (χ1n) is 5.88. The molecule has 0 aliphatic carbocycles. The number of aliphatic hydroxyl groups excluding tert-OH is 1. The molecule has 1 atom stereocenters. The second kappa shape index (κ2) is 4.64. The Balaban J connectivity index is 3.04. The Morgan fingerprint density at radius 1 is 1.18 bits per heavy atom. The summed E-state index contributed by atoms with van der Waals surface area (Å²) in [6.07, 6.45) is 0.